The van der Waals surface area contributed by atoms with Crippen molar-refractivity contribution in [3.05, 3.63) is 34.9 Å². The Kier molecular flexibility index (Phi) is 3.88. The lowest BCUT2D eigenvalue weighted by atomic mass is 9.96. The maximum Gasteiger partial charge on any atom is 0.240 e. The molecule has 1 atom stereocenters. The molecular formula is C15H20N2O2. The van der Waals surface area contributed by atoms with Gasteiger partial charge in [-0.25, -0.2) is 0 Å². The molecule has 19 heavy (non-hydrogen) atoms. The van der Waals surface area contributed by atoms with Gasteiger partial charge in [-0.05, 0) is 43.4 Å². The maximum absolute atomic E-state index is 11.8. The highest BCUT2D eigenvalue weighted by Gasteiger charge is 2.32. The van der Waals surface area contributed by atoms with Crippen LogP contribution in [0.5, 0.6) is 0 Å². The molecule has 0 radical (unpaired) electrons. The van der Waals surface area contributed by atoms with E-state index in [0.29, 0.717) is 6.42 Å². The summed E-state index contributed by atoms with van der Waals surface area (Å²) in [6.07, 6.45) is 2.30. The summed E-state index contributed by atoms with van der Waals surface area (Å²) in [5, 5.41) is 2.77. The molecule has 0 spiro atoms. The Morgan fingerprint density at radius 3 is 2.37 bits per heavy atom. The van der Waals surface area contributed by atoms with Gasteiger partial charge in [0.1, 0.15) is 6.04 Å². The van der Waals surface area contributed by atoms with Gasteiger partial charge in [-0.15, -0.1) is 0 Å². The van der Waals surface area contributed by atoms with Gasteiger partial charge in [0.2, 0.25) is 11.8 Å². The predicted octanol–water partition coefficient (Wildman–Crippen LogP) is 1.23. The minimum atomic E-state index is -0.618. The van der Waals surface area contributed by atoms with Crippen LogP contribution in [0.15, 0.2) is 18.2 Å². The zero-order valence-electron chi connectivity index (χ0n) is 11.4. The summed E-state index contributed by atoms with van der Waals surface area (Å²) in [6, 6.07) is 5.37. The number of amides is 2. The van der Waals surface area contributed by atoms with E-state index in [-0.39, 0.29) is 11.8 Å². The van der Waals surface area contributed by atoms with Crippen LogP contribution in [0.4, 0.5) is 0 Å². The van der Waals surface area contributed by atoms with E-state index in [4.69, 9.17) is 5.73 Å². The molecule has 4 heteroatoms. The molecule has 1 aliphatic rings. The van der Waals surface area contributed by atoms with Crippen molar-refractivity contribution in [3.8, 4) is 0 Å². The van der Waals surface area contributed by atoms with Gasteiger partial charge in [-0.2, -0.15) is 0 Å². The van der Waals surface area contributed by atoms with Crippen LogP contribution in [-0.4, -0.2) is 17.9 Å². The third-order valence-electron chi connectivity index (χ3n) is 3.66. The van der Waals surface area contributed by atoms with Crippen molar-refractivity contribution in [1.29, 1.82) is 0 Å². The molecule has 1 aromatic rings. The zero-order chi connectivity index (χ0) is 14.0. The summed E-state index contributed by atoms with van der Waals surface area (Å²) in [5.41, 5.74) is 8.72. The van der Waals surface area contributed by atoms with E-state index in [0.717, 1.165) is 29.5 Å². The number of rotatable bonds is 5. The lowest BCUT2D eigenvalue weighted by molar-refractivity contribution is -0.128. The highest BCUT2D eigenvalue weighted by atomic mass is 16.2. The second-order valence-corrected chi connectivity index (χ2v) is 5.31. The average molecular weight is 260 g/mol. The zero-order valence-corrected chi connectivity index (χ0v) is 11.4. The van der Waals surface area contributed by atoms with Gasteiger partial charge >= 0.3 is 0 Å². The smallest absolute Gasteiger partial charge is 0.240 e. The Morgan fingerprint density at radius 1 is 1.32 bits per heavy atom. The van der Waals surface area contributed by atoms with Crippen LogP contribution in [-0.2, 0) is 16.0 Å². The molecule has 0 bridgehead atoms. The van der Waals surface area contributed by atoms with Crippen molar-refractivity contribution in [2.75, 3.05) is 0 Å². The quantitative estimate of drug-likeness (QED) is 0.835. The van der Waals surface area contributed by atoms with Gasteiger partial charge < -0.3 is 11.1 Å². The number of nitrogens with two attached hydrogens (primary N) is 1. The fraction of sp³-hybridized carbons (Fsp3) is 0.467. The summed E-state index contributed by atoms with van der Waals surface area (Å²) in [5.74, 6) is -0.438. The molecule has 102 valence electrons. The monoisotopic (exact) mass is 260 g/mol. The van der Waals surface area contributed by atoms with Crippen LogP contribution in [0.2, 0.25) is 0 Å². The maximum atomic E-state index is 11.8. The highest BCUT2D eigenvalue weighted by Crippen LogP contribution is 2.29. The molecule has 3 N–H and O–H groups in total. The molecule has 0 unspecified atom stereocenters. The summed E-state index contributed by atoms with van der Waals surface area (Å²) in [4.78, 5) is 23.3. The van der Waals surface area contributed by atoms with Gasteiger partial charge in [-0.1, -0.05) is 18.2 Å². The standard InChI is InChI=1S/C15H20N2O2/c1-9-4-3-5-10(2)12(9)8-13(14(16)18)17-15(19)11-6-7-11/h3-5,11,13H,6-8H2,1-2H3,(H2,16,18)(H,17,19)/t13-/m0/s1. The van der Waals surface area contributed by atoms with Gasteiger partial charge in [0.25, 0.3) is 0 Å². The predicted molar refractivity (Wildman–Crippen MR) is 73.5 cm³/mol. The van der Waals surface area contributed by atoms with E-state index in [2.05, 4.69) is 5.32 Å². The molecule has 0 aliphatic heterocycles. The van der Waals surface area contributed by atoms with E-state index in [9.17, 15) is 9.59 Å². The van der Waals surface area contributed by atoms with Gasteiger partial charge in [0, 0.05) is 12.3 Å². The Hall–Kier alpha value is -1.84. The van der Waals surface area contributed by atoms with Gasteiger partial charge in [0.05, 0.1) is 0 Å². The molecule has 2 rings (SSSR count). The highest BCUT2D eigenvalue weighted by molar-refractivity contribution is 5.88. The first-order valence-corrected chi connectivity index (χ1v) is 6.64. The van der Waals surface area contributed by atoms with Crippen LogP contribution < -0.4 is 11.1 Å². The number of carbonyl (C=O) groups excluding carboxylic acids is 2. The molecule has 1 aliphatic carbocycles. The number of primary amides is 1. The first-order chi connectivity index (χ1) is 8.99. The average Bonchev–Trinajstić information content (AvgIpc) is 3.16. The van der Waals surface area contributed by atoms with E-state index in [1.54, 1.807) is 0 Å². The van der Waals surface area contributed by atoms with E-state index in [1.165, 1.54) is 0 Å². The molecule has 0 aromatic heterocycles. The second-order valence-electron chi connectivity index (χ2n) is 5.31. The Balaban J connectivity index is 2.11. The fourth-order valence-corrected chi connectivity index (χ4v) is 2.23. The molecule has 2 amide bonds. The number of hydrogen-bond donors (Lipinski definition) is 2. The minimum Gasteiger partial charge on any atom is -0.368 e. The Morgan fingerprint density at radius 2 is 1.89 bits per heavy atom. The third kappa shape index (κ3) is 3.34. The minimum absolute atomic E-state index is 0.0463. The number of aryl methyl sites for hydroxylation is 2. The van der Waals surface area contributed by atoms with Crippen molar-refractivity contribution < 1.29 is 9.59 Å². The number of hydrogen-bond acceptors (Lipinski definition) is 2. The van der Waals surface area contributed by atoms with Crippen LogP contribution >= 0.6 is 0 Å². The van der Waals surface area contributed by atoms with Gasteiger partial charge in [-0.3, -0.25) is 9.59 Å². The lowest BCUT2D eigenvalue weighted by Gasteiger charge is -2.18. The van der Waals surface area contributed by atoms with Crippen LogP contribution in [0, 0.1) is 19.8 Å². The third-order valence-corrected chi connectivity index (χ3v) is 3.66. The van der Waals surface area contributed by atoms with E-state index in [1.807, 2.05) is 32.0 Å². The van der Waals surface area contributed by atoms with Gasteiger partial charge in [0.15, 0.2) is 0 Å². The molecule has 1 aromatic carbocycles. The largest absolute Gasteiger partial charge is 0.368 e. The molecule has 1 fully saturated rings. The Labute approximate surface area is 113 Å². The molecule has 4 nitrogen and oxygen atoms in total. The normalized spacial score (nSPS) is 15.9. The number of nitrogens with one attached hydrogen (secondary N) is 1. The molecular weight excluding hydrogens is 240 g/mol. The first-order valence-electron chi connectivity index (χ1n) is 6.64. The van der Waals surface area contributed by atoms with Crippen molar-refractivity contribution >= 4 is 11.8 Å². The Bertz CT molecular complexity index is 487. The van der Waals surface area contributed by atoms with Crippen LogP contribution in [0.25, 0.3) is 0 Å². The van der Waals surface area contributed by atoms with Crippen LogP contribution in [0.1, 0.15) is 29.5 Å². The summed E-state index contributed by atoms with van der Waals surface area (Å²) >= 11 is 0. The molecule has 0 heterocycles. The number of benzene rings is 1. The SMILES string of the molecule is Cc1cccc(C)c1C[C@H](NC(=O)C1CC1)C(N)=O. The van der Waals surface area contributed by atoms with Crippen molar-refractivity contribution in [2.45, 2.75) is 39.2 Å². The first kappa shape index (κ1) is 13.6. The summed E-state index contributed by atoms with van der Waals surface area (Å²) < 4.78 is 0. The van der Waals surface area contributed by atoms with Crippen molar-refractivity contribution in [3.63, 3.8) is 0 Å². The van der Waals surface area contributed by atoms with Crippen molar-refractivity contribution in [1.82, 2.24) is 5.32 Å². The molecule has 1 saturated carbocycles. The fourth-order valence-electron chi connectivity index (χ4n) is 2.23. The number of carbonyl (C=O) groups is 2. The second kappa shape index (κ2) is 5.43. The molecule has 0 saturated heterocycles. The van der Waals surface area contributed by atoms with Crippen LogP contribution in [0.3, 0.4) is 0 Å². The lowest BCUT2D eigenvalue weighted by Crippen LogP contribution is -2.46. The topological polar surface area (TPSA) is 72.2 Å². The van der Waals surface area contributed by atoms with E-state index >= 15 is 0 Å². The summed E-state index contributed by atoms with van der Waals surface area (Å²) in [7, 11) is 0. The van der Waals surface area contributed by atoms with Crippen molar-refractivity contribution in [2.24, 2.45) is 11.7 Å². The summed E-state index contributed by atoms with van der Waals surface area (Å²) in [6.45, 7) is 4.01. The van der Waals surface area contributed by atoms with E-state index < -0.39 is 11.9 Å².